The minimum atomic E-state index is -3.87. The van der Waals surface area contributed by atoms with Crippen LogP contribution < -0.4 is 5.32 Å². The molecule has 0 saturated carbocycles. The zero-order chi connectivity index (χ0) is 22.0. The van der Waals surface area contributed by atoms with E-state index in [0.29, 0.717) is 28.0 Å². The number of halogens is 1. The SMILES string of the molecule is CN1CCCC1=NS(=O)(=O)c1cccc(NC(=O)c2csc(-c3cccc(Cl)c3)n2)c1. The van der Waals surface area contributed by atoms with Crippen LogP contribution in [0.3, 0.4) is 0 Å². The lowest BCUT2D eigenvalue weighted by atomic mass is 10.2. The quantitative estimate of drug-likeness (QED) is 0.586. The fourth-order valence-corrected chi connectivity index (χ4v) is 5.29. The van der Waals surface area contributed by atoms with Crippen molar-refractivity contribution in [2.75, 3.05) is 18.9 Å². The predicted octanol–water partition coefficient (Wildman–Crippen LogP) is 4.53. The van der Waals surface area contributed by atoms with E-state index in [1.165, 1.54) is 23.5 Å². The number of thiazole rings is 1. The molecule has 3 aromatic rings. The molecule has 1 N–H and O–H groups in total. The summed E-state index contributed by atoms with van der Waals surface area (Å²) in [5.74, 6) is 0.117. The number of amides is 1. The highest BCUT2D eigenvalue weighted by Gasteiger charge is 2.21. The van der Waals surface area contributed by atoms with Gasteiger partial charge < -0.3 is 10.2 Å². The van der Waals surface area contributed by atoms with Gasteiger partial charge in [-0.2, -0.15) is 8.42 Å². The van der Waals surface area contributed by atoms with E-state index in [4.69, 9.17) is 11.6 Å². The molecule has 1 aliphatic rings. The summed E-state index contributed by atoms with van der Waals surface area (Å²) >= 11 is 7.35. The number of anilines is 1. The maximum atomic E-state index is 12.7. The van der Waals surface area contributed by atoms with Gasteiger partial charge in [0.1, 0.15) is 16.5 Å². The second kappa shape index (κ2) is 8.78. The number of likely N-dealkylation sites (tertiary alicyclic amines) is 1. The van der Waals surface area contributed by atoms with Crippen LogP contribution >= 0.6 is 22.9 Å². The van der Waals surface area contributed by atoms with E-state index in [0.717, 1.165) is 18.5 Å². The monoisotopic (exact) mass is 474 g/mol. The Balaban J connectivity index is 1.52. The first-order valence-corrected chi connectivity index (χ1v) is 12.2. The van der Waals surface area contributed by atoms with Gasteiger partial charge in [-0.25, -0.2) is 4.98 Å². The van der Waals surface area contributed by atoms with Gasteiger partial charge in [-0.1, -0.05) is 29.8 Å². The van der Waals surface area contributed by atoms with Crippen LogP contribution in [-0.2, 0) is 10.0 Å². The number of nitrogens with zero attached hydrogens (tertiary/aromatic N) is 3. The number of benzene rings is 2. The fourth-order valence-electron chi connectivity index (χ4n) is 3.16. The van der Waals surface area contributed by atoms with Crippen molar-refractivity contribution in [2.24, 2.45) is 4.40 Å². The summed E-state index contributed by atoms with van der Waals surface area (Å²) in [6.45, 7) is 0.787. The first kappa shape index (κ1) is 21.5. The molecule has 0 unspecified atom stereocenters. The molecular weight excluding hydrogens is 456 g/mol. The molecule has 31 heavy (non-hydrogen) atoms. The Morgan fingerprint density at radius 1 is 1.23 bits per heavy atom. The third-order valence-electron chi connectivity index (χ3n) is 4.76. The summed E-state index contributed by atoms with van der Waals surface area (Å²) in [6, 6.07) is 13.3. The highest BCUT2D eigenvalue weighted by atomic mass is 35.5. The van der Waals surface area contributed by atoms with E-state index in [2.05, 4.69) is 14.7 Å². The molecule has 0 radical (unpaired) electrons. The van der Waals surface area contributed by atoms with Crippen LogP contribution in [0.4, 0.5) is 5.69 Å². The molecule has 7 nitrogen and oxygen atoms in total. The normalized spacial score (nSPS) is 15.4. The molecule has 0 spiro atoms. The Kier molecular flexibility index (Phi) is 6.08. The topological polar surface area (TPSA) is 91.7 Å². The second-order valence-electron chi connectivity index (χ2n) is 7.04. The zero-order valence-corrected chi connectivity index (χ0v) is 19.0. The van der Waals surface area contributed by atoms with Crippen LogP contribution in [0.5, 0.6) is 0 Å². The number of carbonyl (C=O) groups excluding carboxylic acids is 1. The minimum absolute atomic E-state index is 0.0241. The molecule has 2 heterocycles. The van der Waals surface area contributed by atoms with Crippen molar-refractivity contribution in [3.05, 3.63) is 64.6 Å². The number of aromatic nitrogens is 1. The molecule has 1 aromatic heterocycles. The van der Waals surface area contributed by atoms with E-state index in [1.807, 2.05) is 24.1 Å². The van der Waals surface area contributed by atoms with E-state index < -0.39 is 15.9 Å². The van der Waals surface area contributed by atoms with Gasteiger partial charge in [0.15, 0.2) is 0 Å². The minimum Gasteiger partial charge on any atom is -0.362 e. The van der Waals surface area contributed by atoms with Crippen LogP contribution in [0.25, 0.3) is 10.6 Å². The molecule has 1 aliphatic heterocycles. The molecule has 0 bridgehead atoms. The zero-order valence-electron chi connectivity index (χ0n) is 16.6. The van der Waals surface area contributed by atoms with Gasteiger partial charge in [-0.15, -0.1) is 15.7 Å². The Labute approximate surface area is 189 Å². The van der Waals surface area contributed by atoms with Crippen molar-refractivity contribution in [3.8, 4) is 10.6 Å². The lowest BCUT2D eigenvalue weighted by molar-refractivity contribution is 0.102. The molecule has 0 aliphatic carbocycles. The maximum absolute atomic E-state index is 12.7. The third-order valence-corrected chi connectivity index (χ3v) is 7.19. The first-order chi connectivity index (χ1) is 14.8. The smallest absolute Gasteiger partial charge is 0.284 e. The van der Waals surface area contributed by atoms with Crippen molar-refractivity contribution in [2.45, 2.75) is 17.7 Å². The Hall–Kier alpha value is -2.75. The first-order valence-electron chi connectivity index (χ1n) is 9.50. The molecular formula is C21H19ClN4O3S2. The number of rotatable bonds is 5. The van der Waals surface area contributed by atoms with E-state index in [9.17, 15) is 13.2 Å². The molecule has 1 amide bonds. The number of hydrogen-bond donors (Lipinski definition) is 1. The number of amidine groups is 1. The average Bonchev–Trinajstić information content (AvgIpc) is 3.38. The summed E-state index contributed by atoms with van der Waals surface area (Å²) in [6.07, 6.45) is 1.51. The summed E-state index contributed by atoms with van der Waals surface area (Å²) in [5.41, 5.74) is 1.41. The summed E-state index contributed by atoms with van der Waals surface area (Å²) in [5, 5.41) is 5.61. The Bertz CT molecular complexity index is 1270. The molecule has 160 valence electrons. The van der Waals surface area contributed by atoms with Crippen LogP contribution in [0.15, 0.2) is 63.2 Å². The van der Waals surface area contributed by atoms with Gasteiger partial charge in [0.05, 0.1) is 4.90 Å². The van der Waals surface area contributed by atoms with Gasteiger partial charge >= 0.3 is 0 Å². The summed E-state index contributed by atoms with van der Waals surface area (Å²) in [7, 11) is -2.04. The van der Waals surface area contributed by atoms with E-state index in [1.54, 1.807) is 29.6 Å². The Morgan fingerprint density at radius 2 is 2.03 bits per heavy atom. The highest BCUT2D eigenvalue weighted by Crippen LogP contribution is 2.27. The van der Waals surface area contributed by atoms with Gasteiger partial charge in [-0.05, 0) is 36.8 Å². The van der Waals surface area contributed by atoms with E-state index in [-0.39, 0.29) is 10.6 Å². The largest absolute Gasteiger partial charge is 0.362 e. The van der Waals surface area contributed by atoms with Crippen LogP contribution in [0, 0.1) is 0 Å². The van der Waals surface area contributed by atoms with Crippen molar-refractivity contribution >= 4 is 50.4 Å². The standard InChI is InChI=1S/C21H19ClN4O3S2/c1-26-10-4-9-19(26)25-31(28,29)17-8-3-7-16(12-17)23-20(27)18-13-30-21(24-18)14-5-2-6-15(22)11-14/h2-3,5-8,11-13H,4,9-10H2,1H3,(H,23,27). The van der Waals surface area contributed by atoms with Crippen molar-refractivity contribution in [1.29, 1.82) is 0 Å². The number of nitrogens with one attached hydrogen (secondary N) is 1. The number of hydrogen-bond acceptors (Lipinski definition) is 5. The van der Waals surface area contributed by atoms with E-state index >= 15 is 0 Å². The Morgan fingerprint density at radius 3 is 2.77 bits per heavy atom. The van der Waals surface area contributed by atoms with Gasteiger partial charge in [-0.3, -0.25) is 4.79 Å². The van der Waals surface area contributed by atoms with Crippen molar-refractivity contribution in [1.82, 2.24) is 9.88 Å². The predicted molar refractivity (Wildman–Crippen MR) is 123 cm³/mol. The summed E-state index contributed by atoms with van der Waals surface area (Å²) < 4.78 is 29.3. The van der Waals surface area contributed by atoms with Crippen molar-refractivity contribution in [3.63, 3.8) is 0 Å². The maximum Gasteiger partial charge on any atom is 0.284 e. The van der Waals surface area contributed by atoms with Gasteiger partial charge in [0, 0.05) is 41.7 Å². The van der Waals surface area contributed by atoms with Gasteiger partial charge in [0.2, 0.25) is 0 Å². The molecule has 2 aromatic carbocycles. The average molecular weight is 475 g/mol. The second-order valence-corrected chi connectivity index (χ2v) is 9.94. The van der Waals surface area contributed by atoms with Crippen LogP contribution in [-0.4, -0.2) is 43.6 Å². The van der Waals surface area contributed by atoms with Crippen LogP contribution in [0.1, 0.15) is 23.3 Å². The lowest BCUT2D eigenvalue weighted by Gasteiger charge is -2.11. The lowest BCUT2D eigenvalue weighted by Crippen LogP contribution is -2.20. The number of sulfonamides is 1. The highest BCUT2D eigenvalue weighted by molar-refractivity contribution is 7.90. The molecule has 10 heteroatoms. The van der Waals surface area contributed by atoms with Crippen LogP contribution in [0.2, 0.25) is 5.02 Å². The molecule has 1 fully saturated rings. The number of carbonyl (C=O) groups is 1. The molecule has 0 atom stereocenters. The molecule has 4 rings (SSSR count). The third kappa shape index (κ3) is 4.95. The van der Waals surface area contributed by atoms with Gasteiger partial charge in [0.25, 0.3) is 15.9 Å². The van der Waals surface area contributed by atoms with Crippen molar-refractivity contribution < 1.29 is 13.2 Å². The fraction of sp³-hybridized carbons (Fsp3) is 0.190. The summed E-state index contributed by atoms with van der Waals surface area (Å²) in [4.78, 5) is 18.9. The molecule has 1 saturated heterocycles.